The lowest BCUT2D eigenvalue weighted by Gasteiger charge is -2.09. The van der Waals surface area contributed by atoms with Gasteiger partial charge in [0.1, 0.15) is 12.8 Å². The Hall–Kier alpha value is -2.30. The van der Waals surface area contributed by atoms with Crippen LogP contribution in [0.3, 0.4) is 0 Å². The number of benzene rings is 1. The maximum Gasteiger partial charge on any atom is 0.291 e. The lowest BCUT2D eigenvalue weighted by Crippen LogP contribution is -2.32. The summed E-state index contributed by atoms with van der Waals surface area (Å²) < 4.78 is 0.894. The summed E-state index contributed by atoms with van der Waals surface area (Å²) in [4.78, 5) is 27.9. The average Bonchev–Trinajstić information content (AvgIpc) is 2.29. The number of aromatic nitrogens is 1. The zero-order valence-electron chi connectivity index (χ0n) is 8.64. The van der Waals surface area contributed by atoms with Gasteiger partial charge >= 0.3 is 0 Å². The van der Waals surface area contributed by atoms with Gasteiger partial charge in [0.2, 0.25) is 0 Å². The maximum atomic E-state index is 11.9. The summed E-state index contributed by atoms with van der Waals surface area (Å²) in [6.45, 7) is 0. The highest BCUT2D eigenvalue weighted by molar-refractivity contribution is 5.95. The van der Waals surface area contributed by atoms with E-state index in [-0.39, 0.29) is 5.69 Å². The fourth-order valence-electron chi connectivity index (χ4n) is 1.59. The first kappa shape index (κ1) is 10.2. The molecule has 0 spiro atoms. The van der Waals surface area contributed by atoms with Crippen molar-refractivity contribution in [3.05, 3.63) is 46.4 Å². The molecule has 2 aromatic rings. The van der Waals surface area contributed by atoms with E-state index in [1.165, 1.54) is 13.2 Å². The first-order chi connectivity index (χ1) is 7.65. The largest absolute Gasteiger partial charge is 0.413 e. The number of primary amides is 1. The van der Waals surface area contributed by atoms with Gasteiger partial charge in [0.05, 0.1) is 5.39 Å². The number of fused-ring (bicyclic) bond motifs is 1. The van der Waals surface area contributed by atoms with Gasteiger partial charge in [-0.1, -0.05) is 18.2 Å². The number of nitrogens with two attached hydrogens (primary N) is 1. The van der Waals surface area contributed by atoms with Crippen molar-refractivity contribution in [1.82, 2.24) is 4.73 Å². The Balaban J connectivity index is 2.93. The summed E-state index contributed by atoms with van der Waals surface area (Å²) in [6.07, 6.45) is 0. The third-order valence-corrected chi connectivity index (χ3v) is 2.32. The summed E-state index contributed by atoms with van der Waals surface area (Å²) in [7, 11) is 1.31. The van der Waals surface area contributed by atoms with Gasteiger partial charge in [-0.05, 0) is 17.5 Å². The zero-order chi connectivity index (χ0) is 11.7. The Morgan fingerprint density at radius 2 is 2.06 bits per heavy atom. The molecule has 0 bridgehead atoms. The van der Waals surface area contributed by atoms with Crippen LogP contribution < -0.4 is 16.1 Å². The molecule has 0 saturated heterocycles. The molecule has 0 radical (unpaired) electrons. The molecule has 2 N–H and O–H groups in total. The first-order valence-electron chi connectivity index (χ1n) is 4.64. The molecule has 2 rings (SSSR count). The topological polar surface area (TPSA) is 74.3 Å². The van der Waals surface area contributed by atoms with Crippen LogP contribution in [0.5, 0.6) is 0 Å². The van der Waals surface area contributed by atoms with Crippen LogP contribution in [-0.4, -0.2) is 17.7 Å². The minimum atomic E-state index is -0.704. The number of pyridine rings is 1. The van der Waals surface area contributed by atoms with Crippen LogP contribution >= 0.6 is 0 Å². The van der Waals surface area contributed by atoms with E-state index >= 15 is 0 Å². The molecule has 16 heavy (non-hydrogen) atoms. The molecule has 5 nitrogen and oxygen atoms in total. The van der Waals surface area contributed by atoms with Crippen LogP contribution in [0.15, 0.2) is 35.1 Å². The van der Waals surface area contributed by atoms with Crippen molar-refractivity contribution in [2.75, 3.05) is 7.11 Å². The van der Waals surface area contributed by atoms with E-state index in [4.69, 9.17) is 10.6 Å². The number of nitrogens with zero attached hydrogens (tertiary/aromatic N) is 1. The van der Waals surface area contributed by atoms with E-state index in [2.05, 4.69) is 0 Å². The van der Waals surface area contributed by atoms with Crippen molar-refractivity contribution in [3.8, 4) is 0 Å². The maximum absolute atomic E-state index is 11.9. The molecule has 1 amide bonds. The molecular formula is C11H10N2O3. The molecule has 0 unspecified atom stereocenters. The van der Waals surface area contributed by atoms with Gasteiger partial charge in [-0.25, -0.2) is 0 Å². The second kappa shape index (κ2) is 3.69. The fourth-order valence-corrected chi connectivity index (χ4v) is 1.59. The molecule has 5 heteroatoms. The van der Waals surface area contributed by atoms with Crippen molar-refractivity contribution in [2.45, 2.75) is 0 Å². The van der Waals surface area contributed by atoms with Crippen LogP contribution in [-0.2, 0) is 0 Å². The van der Waals surface area contributed by atoms with Crippen LogP contribution in [0.1, 0.15) is 10.5 Å². The third-order valence-electron chi connectivity index (χ3n) is 2.32. The van der Waals surface area contributed by atoms with E-state index in [0.29, 0.717) is 10.8 Å². The number of rotatable bonds is 2. The molecule has 0 aliphatic heterocycles. The van der Waals surface area contributed by atoms with Gasteiger partial charge in [0.15, 0.2) is 0 Å². The predicted octanol–water partition coefficient (Wildman–Crippen LogP) is 0.159. The van der Waals surface area contributed by atoms with Gasteiger partial charge < -0.3 is 10.6 Å². The fraction of sp³-hybridized carbons (Fsp3) is 0.0909. The van der Waals surface area contributed by atoms with Gasteiger partial charge in [-0.3, -0.25) is 9.59 Å². The van der Waals surface area contributed by atoms with Crippen LogP contribution in [0.25, 0.3) is 10.8 Å². The van der Waals surface area contributed by atoms with E-state index in [1.54, 1.807) is 24.3 Å². The summed E-state index contributed by atoms with van der Waals surface area (Å²) in [5.74, 6) is -0.704. The minimum Gasteiger partial charge on any atom is -0.413 e. The van der Waals surface area contributed by atoms with Crippen LogP contribution in [0.2, 0.25) is 0 Å². The van der Waals surface area contributed by atoms with Crippen molar-refractivity contribution >= 4 is 16.7 Å². The number of hydrogen-bond acceptors (Lipinski definition) is 3. The molecule has 82 valence electrons. The second-order valence-corrected chi connectivity index (χ2v) is 3.26. The standard InChI is InChI=1S/C11H10N2O3/c1-16-13-9(10(12)14)6-7-4-2-3-5-8(7)11(13)15/h2-6H,1H3,(H2,12,14). The number of amides is 1. The monoisotopic (exact) mass is 218 g/mol. The van der Waals surface area contributed by atoms with Gasteiger partial charge in [-0.15, -0.1) is 4.73 Å². The lowest BCUT2D eigenvalue weighted by atomic mass is 10.1. The zero-order valence-corrected chi connectivity index (χ0v) is 8.64. The third kappa shape index (κ3) is 1.42. The summed E-state index contributed by atoms with van der Waals surface area (Å²) in [5, 5.41) is 1.14. The molecule has 0 saturated carbocycles. The quantitative estimate of drug-likeness (QED) is 0.780. The molecule has 1 heterocycles. The number of carbonyl (C=O) groups is 1. The highest BCUT2D eigenvalue weighted by atomic mass is 16.6. The smallest absolute Gasteiger partial charge is 0.291 e. The average molecular weight is 218 g/mol. The van der Waals surface area contributed by atoms with E-state index in [0.717, 1.165) is 4.73 Å². The minimum absolute atomic E-state index is 0.0335. The summed E-state index contributed by atoms with van der Waals surface area (Å²) in [6, 6.07) is 8.46. The van der Waals surface area contributed by atoms with Gasteiger partial charge in [0, 0.05) is 0 Å². The predicted molar refractivity (Wildman–Crippen MR) is 59.2 cm³/mol. The molecule has 1 aromatic heterocycles. The van der Waals surface area contributed by atoms with E-state index in [9.17, 15) is 9.59 Å². The lowest BCUT2D eigenvalue weighted by molar-refractivity contribution is 0.0930. The number of hydrogen-bond donors (Lipinski definition) is 1. The number of carbonyl (C=O) groups excluding carboxylic acids is 1. The molecule has 1 aromatic carbocycles. The molecule has 0 aliphatic carbocycles. The SMILES string of the molecule is COn1c(C(N)=O)cc2ccccc2c1=O. The highest BCUT2D eigenvalue weighted by Crippen LogP contribution is 2.10. The van der Waals surface area contributed by atoms with Crippen molar-refractivity contribution < 1.29 is 9.63 Å². The molecule has 0 aliphatic rings. The van der Waals surface area contributed by atoms with E-state index < -0.39 is 11.5 Å². The van der Waals surface area contributed by atoms with Gasteiger partial charge in [-0.2, -0.15) is 0 Å². The molecule has 0 fully saturated rings. The van der Waals surface area contributed by atoms with Crippen LogP contribution in [0, 0.1) is 0 Å². The van der Waals surface area contributed by atoms with Gasteiger partial charge in [0.25, 0.3) is 11.5 Å². The highest BCUT2D eigenvalue weighted by Gasteiger charge is 2.12. The summed E-state index contributed by atoms with van der Waals surface area (Å²) >= 11 is 0. The Morgan fingerprint density at radius 3 is 2.69 bits per heavy atom. The Kier molecular flexibility index (Phi) is 2.36. The Morgan fingerprint density at radius 1 is 1.38 bits per heavy atom. The van der Waals surface area contributed by atoms with Crippen molar-refractivity contribution in [3.63, 3.8) is 0 Å². The molecule has 0 atom stereocenters. The second-order valence-electron chi connectivity index (χ2n) is 3.26. The van der Waals surface area contributed by atoms with Crippen molar-refractivity contribution in [1.29, 1.82) is 0 Å². The first-order valence-corrected chi connectivity index (χ1v) is 4.64. The Labute approximate surface area is 91.0 Å². The normalized spacial score (nSPS) is 10.3. The van der Waals surface area contributed by atoms with E-state index in [1.807, 2.05) is 0 Å². The van der Waals surface area contributed by atoms with Crippen molar-refractivity contribution in [2.24, 2.45) is 5.73 Å². The summed E-state index contributed by atoms with van der Waals surface area (Å²) in [5.41, 5.74) is 4.81. The Bertz CT molecular complexity index is 616. The molecular weight excluding hydrogens is 208 g/mol. The van der Waals surface area contributed by atoms with Crippen LogP contribution in [0.4, 0.5) is 0 Å².